The zero-order valence-electron chi connectivity index (χ0n) is 9.54. The van der Waals surface area contributed by atoms with Gasteiger partial charge in [0.25, 0.3) is 0 Å². The van der Waals surface area contributed by atoms with Gasteiger partial charge in [0.05, 0.1) is 5.02 Å². The van der Waals surface area contributed by atoms with Crippen LogP contribution >= 0.6 is 11.6 Å². The molecule has 0 amide bonds. The Kier molecular flexibility index (Phi) is 5.38. The molecule has 2 N–H and O–H groups in total. The molecule has 1 unspecified atom stereocenters. The Morgan fingerprint density at radius 3 is 2.82 bits per heavy atom. The van der Waals surface area contributed by atoms with Crippen molar-refractivity contribution in [1.29, 1.82) is 0 Å². The van der Waals surface area contributed by atoms with Crippen LogP contribution in [0.15, 0.2) is 18.2 Å². The third kappa shape index (κ3) is 4.32. The second-order valence-electron chi connectivity index (χ2n) is 3.81. The van der Waals surface area contributed by atoms with Gasteiger partial charge in [0.1, 0.15) is 11.9 Å². The topological polar surface area (TPSA) is 49.3 Å². The predicted octanol–water partition coefficient (Wildman–Crippen LogP) is 2.82. The molecule has 0 heterocycles. The lowest BCUT2D eigenvalue weighted by Crippen LogP contribution is -2.35. The number of carboxylic acid groups (broad SMARTS) is 1. The SMILES string of the molecule is CCCC(NCc1ccc(F)c(Cl)c1)C(=O)O. The highest BCUT2D eigenvalue weighted by molar-refractivity contribution is 6.30. The first-order valence-corrected chi connectivity index (χ1v) is 5.82. The second kappa shape index (κ2) is 6.57. The molecular weight excluding hydrogens is 245 g/mol. The molecule has 1 atom stereocenters. The Morgan fingerprint density at radius 2 is 2.29 bits per heavy atom. The molecule has 17 heavy (non-hydrogen) atoms. The van der Waals surface area contributed by atoms with Gasteiger partial charge in [-0.2, -0.15) is 0 Å². The van der Waals surface area contributed by atoms with E-state index in [9.17, 15) is 9.18 Å². The van der Waals surface area contributed by atoms with Crippen molar-refractivity contribution in [3.8, 4) is 0 Å². The molecule has 0 saturated heterocycles. The second-order valence-corrected chi connectivity index (χ2v) is 4.22. The van der Waals surface area contributed by atoms with E-state index in [1.54, 1.807) is 6.07 Å². The zero-order valence-corrected chi connectivity index (χ0v) is 10.3. The summed E-state index contributed by atoms with van der Waals surface area (Å²) in [6, 6.07) is 3.77. The first-order chi connectivity index (χ1) is 8.04. The van der Waals surface area contributed by atoms with Crippen molar-refractivity contribution in [2.24, 2.45) is 0 Å². The molecule has 0 aliphatic heterocycles. The summed E-state index contributed by atoms with van der Waals surface area (Å²) in [7, 11) is 0. The normalized spacial score (nSPS) is 12.4. The van der Waals surface area contributed by atoms with Crippen molar-refractivity contribution in [1.82, 2.24) is 5.32 Å². The maximum absolute atomic E-state index is 12.9. The number of aliphatic carboxylic acids is 1. The van der Waals surface area contributed by atoms with E-state index in [-0.39, 0.29) is 5.02 Å². The molecule has 0 aliphatic rings. The predicted molar refractivity (Wildman–Crippen MR) is 64.6 cm³/mol. The van der Waals surface area contributed by atoms with Gasteiger partial charge in [0.2, 0.25) is 0 Å². The molecule has 3 nitrogen and oxygen atoms in total. The Morgan fingerprint density at radius 1 is 1.59 bits per heavy atom. The van der Waals surface area contributed by atoms with Gasteiger partial charge in [-0.3, -0.25) is 4.79 Å². The number of hydrogen-bond acceptors (Lipinski definition) is 2. The first-order valence-electron chi connectivity index (χ1n) is 5.44. The summed E-state index contributed by atoms with van der Waals surface area (Å²) in [5.41, 5.74) is 0.763. The van der Waals surface area contributed by atoms with Crippen LogP contribution in [0.1, 0.15) is 25.3 Å². The van der Waals surface area contributed by atoms with Crippen LogP contribution in [0.5, 0.6) is 0 Å². The molecule has 1 aromatic carbocycles. The highest BCUT2D eigenvalue weighted by Crippen LogP contribution is 2.16. The van der Waals surface area contributed by atoms with Crippen LogP contribution in [0.3, 0.4) is 0 Å². The van der Waals surface area contributed by atoms with Gasteiger partial charge in [-0.05, 0) is 24.1 Å². The Labute approximate surface area is 105 Å². The average Bonchev–Trinajstić information content (AvgIpc) is 2.28. The van der Waals surface area contributed by atoms with E-state index < -0.39 is 17.8 Å². The lowest BCUT2D eigenvalue weighted by molar-refractivity contribution is -0.139. The quantitative estimate of drug-likeness (QED) is 0.826. The summed E-state index contributed by atoms with van der Waals surface area (Å²) >= 11 is 5.63. The van der Waals surface area contributed by atoms with Crippen LogP contribution in [0.2, 0.25) is 5.02 Å². The van der Waals surface area contributed by atoms with Crippen LogP contribution in [0, 0.1) is 5.82 Å². The average molecular weight is 260 g/mol. The van der Waals surface area contributed by atoms with Gasteiger partial charge < -0.3 is 10.4 Å². The summed E-state index contributed by atoms with van der Waals surface area (Å²) in [6.45, 7) is 2.28. The van der Waals surface area contributed by atoms with E-state index in [2.05, 4.69) is 5.32 Å². The number of carbonyl (C=O) groups is 1. The molecule has 1 aromatic rings. The lowest BCUT2D eigenvalue weighted by atomic mass is 10.1. The molecule has 0 saturated carbocycles. The van der Waals surface area contributed by atoms with Gasteiger partial charge in [-0.15, -0.1) is 0 Å². The van der Waals surface area contributed by atoms with Crippen LogP contribution in [-0.2, 0) is 11.3 Å². The number of carboxylic acids is 1. The monoisotopic (exact) mass is 259 g/mol. The largest absolute Gasteiger partial charge is 0.480 e. The van der Waals surface area contributed by atoms with E-state index in [1.807, 2.05) is 6.92 Å². The molecule has 5 heteroatoms. The molecule has 0 fully saturated rings. The van der Waals surface area contributed by atoms with Crippen molar-refractivity contribution in [2.45, 2.75) is 32.4 Å². The van der Waals surface area contributed by atoms with E-state index in [1.165, 1.54) is 12.1 Å². The molecule has 0 spiro atoms. The standard InChI is InChI=1S/C12H15ClFNO2/c1-2-3-11(12(16)17)15-7-8-4-5-10(14)9(13)6-8/h4-6,11,15H,2-3,7H2,1H3,(H,16,17). The van der Waals surface area contributed by atoms with Crippen LogP contribution in [0.25, 0.3) is 0 Å². The van der Waals surface area contributed by atoms with E-state index >= 15 is 0 Å². The van der Waals surface area contributed by atoms with E-state index in [4.69, 9.17) is 16.7 Å². The Hall–Kier alpha value is -1.13. The molecule has 0 radical (unpaired) electrons. The maximum Gasteiger partial charge on any atom is 0.320 e. The summed E-state index contributed by atoms with van der Waals surface area (Å²) in [6.07, 6.45) is 1.35. The maximum atomic E-state index is 12.9. The highest BCUT2D eigenvalue weighted by Gasteiger charge is 2.15. The minimum absolute atomic E-state index is 0.0478. The zero-order chi connectivity index (χ0) is 12.8. The van der Waals surface area contributed by atoms with Gasteiger partial charge >= 0.3 is 5.97 Å². The number of benzene rings is 1. The summed E-state index contributed by atoms with van der Waals surface area (Å²) < 4.78 is 12.9. The van der Waals surface area contributed by atoms with Crippen LogP contribution in [-0.4, -0.2) is 17.1 Å². The fraction of sp³-hybridized carbons (Fsp3) is 0.417. The van der Waals surface area contributed by atoms with Crippen molar-refractivity contribution >= 4 is 17.6 Å². The number of nitrogens with one attached hydrogen (secondary N) is 1. The van der Waals surface area contributed by atoms with Crippen molar-refractivity contribution in [3.63, 3.8) is 0 Å². The Balaban J connectivity index is 2.59. The smallest absolute Gasteiger partial charge is 0.320 e. The van der Waals surface area contributed by atoms with Gasteiger partial charge in [0, 0.05) is 6.54 Å². The third-order valence-electron chi connectivity index (χ3n) is 2.41. The fourth-order valence-electron chi connectivity index (χ4n) is 1.49. The van der Waals surface area contributed by atoms with E-state index in [0.29, 0.717) is 13.0 Å². The minimum Gasteiger partial charge on any atom is -0.480 e. The van der Waals surface area contributed by atoms with Crippen molar-refractivity contribution in [3.05, 3.63) is 34.6 Å². The number of hydrogen-bond donors (Lipinski definition) is 2. The van der Waals surface area contributed by atoms with Gasteiger partial charge in [-0.1, -0.05) is 31.0 Å². The lowest BCUT2D eigenvalue weighted by Gasteiger charge is -2.13. The minimum atomic E-state index is -0.875. The molecule has 94 valence electrons. The molecule has 0 aliphatic carbocycles. The van der Waals surface area contributed by atoms with Crippen molar-refractivity contribution < 1.29 is 14.3 Å². The first kappa shape index (κ1) is 13.9. The number of rotatable bonds is 6. The van der Waals surface area contributed by atoms with Gasteiger partial charge in [-0.25, -0.2) is 4.39 Å². The molecule has 0 aromatic heterocycles. The van der Waals surface area contributed by atoms with Gasteiger partial charge in [0.15, 0.2) is 0 Å². The molecular formula is C12H15ClFNO2. The number of halogens is 2. The van der Waals surface area contributed by atoms with E-state index in [0.717, 1.165) is 12.0 Å². The van der Waals surface area contributed by atoms with Crippen LogP contribution < -0.4 is 5.32 Å². The Bertz CT molecular complexity index is 398. The summed E-state index contributed by atoms with van der Waals surface area (Å²) in [4.78, 5) is 10.9. The van der Waals surface area contributed by atoms with Crippen molar-refractivity contribution in [2.75, 3.05) is 0 Å². The molecule has 1 rings (SSSR count). The van der Waals surface area contributed by atoms with Crippen LogP contribution in [0.4, 0.5) is 4.39 Å². The fourth-order valence-corrected chi connectivity index (χ4v) is 1.70. The molecule has 0 bridgehead atoms. The summed E-state index contributed by atoms with van der Waals surface area (Å²) in [5.74, 6) is -1.35. The highest BCUT2D eigenvalue weighted by atomic mass is 35.5. The summed E-state index contributed by atoms with van der Waals surface area (Å²) in [5, 5.41) is 11.9. The third-order valence-corrected chi connectivity index (χ3v) is 2.70.